The van der Waals surface area contributed by atoms with Gasteiger partial charge in [-0.2, -0.15) is 4.98 Å². The standard InChI is InChI=1S/C14H19N3O/c1-2-3-9-15-11-14-16-13(17-18-14)10-12-7-5-4-6-8-12/h4-8,15H,2-3,9-11H2,1H3. The van der Waals surface area contributed by atoms with Gasteiger partial charge in [-0.05, 0) is 18.5 Å². The highest BCUT2D eigenvalue weighted by Crippen LogP contribution is 2.06. The summed E-state index contributed by atoms with van der Waals surface area (Å²) in [6, 6.07) is 10.2. The molecular formula is C14H19N3O. The van der Waals surface area contributed by atoms with E-state index in [1.165, 1.54) is 18.4 Å². The van der Waals surface area contributed by atoms with Crippen molar-refractivity contribution in [3.8, 4) is 0 Å². The van der Waals surface area contributed by atoms with Crippen LogP contribution < -0.4 is 5.32 Å². The summed E-state index contributed by atoms with van der Waals surface area (Å²) in [4.78, 5) is 4.36. The van der Waals surface area contributed by atoms with E-state index in [2.05, 4.69) is 34.5 Å². The lowest BCUT2D eigenvalue weighted by molar-refractivity contribution is 0.363. The van der Waals surface area contributed by atoms with Gasteiger partial charge in [0.1, 0.15) is 0 Å². The van der Waals surface area contributed by atoms with Crippen molar-refractivity contribution in [2.75, 3.05) is 6.54 Å². The predicted molar refractivity (Wildman–Crippen MR) is 70.2 cm³/mol. The number of aromatic nitrogens is 2. The maximum absolute atomic E-state index is 5.19. The molecule has 2 aromatic rings. The lowest BCUT2D eigenvalue weighted by Gasteiger charge is -1.98. The highest BCUT2D eigenvalue weighted by Gasteiger charge is 2.06. The molecule has 0 aliphatic rings. The molecule has 0 spiro atoms. The molecule has 18 heavy (non-hydrogen) atoms. The molecule has 0 saturated heterocycles. The van der Waals surface area contributed by atoms with Crippen molar-refractivity contribution >= 4 is 0 Å². The van der Waals surface area contributed by atoms with Gasteiger partial charge in [-0.3, -0.25) is 0 Å². The molecule has 0 saturated carbocycles. The second-order valence-electron chi connectivity index (χ2n) is 4.30. The summed E-state index contributed by atoms with van der Waals surface area (Å²) in [5.74, 6) is 1.41. The first kappa shape index (κ1) is 12.8. The fourth-order valence-corrected chi connectivity index (χ4v) is 1.71. The lowest BCUT2D eigenvalue weighted by Crippen LogP contribution is -2.14. The highest BCUT2D eigenvalue weighted by atomic mass is 16.5. The molecule has 0 radical (unpaired) electrons. The molecule has 0 bridgehead atoms. The van der Waals surface area contributed by atoms with Crippen LogP contribution in [0.15, 0.2) is 34.9 Å². The first-order valence-corrected chi connectivity index (χ1v) is 6.44. The minimum atomic E-state index is 0.655. The minimum absolute atomic E-state index is 0.655. The van der Waals surface area contributed by atoms with Gasteiger partial charge in [-0.25, -0.2) is 0 Å². The highest BCUT2D eigenvalue weighted by molar-refractivity contribution is 5.18. The van der Waals surface area contributed by atoms with E-state index in [-0.39, 0.29) is 0 Å². The molecule has 4 nitrogen and oxygen atoms in total. The van der Waals surface area contributed by atoms with Gasteiger partial charge in [-0.15, -0.1) is 0 Å². The molecule has 0 unspecified atom stereocenters. The Balaban J connectivity index is 1.83. The molecule has 0 atom stereocenters. The Hall–Kier alpha value is -1.68. The SMILES string of the molecule is CCCCNCc1nc(Cc2ccccc2)no1. The molecular weight excluding hydrogens is 226 g/mol. The molecule has 0 fully saturated rings. The third kappa shape index (κ3) is 3.96. The van der Waals surface area contributed by atoms with Crippen LogP contribution in [0.2, 0.25) is 0 Å². The van der Waals surface area contributed by atoms with E-state index in [1.807, 2.05) is 18.2 Å². The minimum Gasteiger partial charge on any atom is -0.338 e. The number of unbranched alkanes of at least 4 members (excludes halogenated alkanes) is 1. The summed E-state index contributed by atoms with van der Waals surface area (Å²) in [7, 11) is 0. The first-order valence-electron chi connectivity index (χ1n) is 6.44. The van der Waals surface area contributed by atoms with Crippen molar-refractivity contribution in [1.29, 1.82) is 0 Å². The number of benzene rings is 1. The third-order valence-electron chi connectivity index (χ3n) is 2.70. The monoisotopic (exact) mass is 245 g/mol. The van der Waals surface area contributed by atoms with E-state index in [9.17, 15) is 0 Å². The zero-order chi connectivity index (χ0) is 12.6. The zero-order valence-electron chi connectivity index (χ0n) is 10.7. The third-order valence-corrected chi connectivity index (χ3v) is 2.70. The van der Waals surface area contributed by atoms with Gasteiger partial charge in [0.05, 0.1) is 6.54 Å². The molecule has 2 rings (SSSR count). The Bertz CT molecular complexity index is 453. The normalized spacial score (nSPS) is 10.7. The molecule has 1 heterocycles. The number of rotatable bonds is 7. The molecule has 0 amide bonds. The van der Waals surface area contributed by atoms with Crippen molar-refractivity contribution in [3.63, 3.8) is 0 Å². The van der Waals surface area contributed by atoms with E-state index < -0.39 is 0 Å². The average molecular weight is 245 g/mol. The van der Waals surface area contributed by atoms with Crippen LogP contribution >= 0.6 is 0 Å². The van der Waals surface area contributed by atoms with E-state index in [0.717, 1.165) is 18.8 Å². The average Bonchev–Trinajstić information content (AvgIpc) is 2.84. The van der Waals surface area contributed by atoms with E-state index in [0.29, 0.717) is 12.4 Å². The Morgan fingerprint density at radius 2 is 2.06 bits per heavy atom. The maximum atomic E-state index is 5.19. The first-order chi connectivity index (χ1) is 8.88. The van der Waals surface area contributed by atoms with Crippen LogP contribution in [-0.4, -0.2) is 16.7 Å². The summed E-state index contributed by atoms with van der Waals surface area (Å²) in [6.07, 6.45) is 3.08. The van der Waals surface area contributed by atoms with Crippen molar-refractivity contribution in [1.82, 2.24) is 15.5 Å². The smallest absolute Gasteiger partial charge is 0.240 e. The Morgan fingerprint density at radius 3 is 2.83 bits per heavy atom. The molecule has 1 N–H and O–H groups in total. The molecule has 4 heteroatoms. The molecule has 1 aromatic heterocycles. The predicted octanol–water partition coefficient (Wildman–Crippen LogP) is 2.55. The molecule has 96 valence electrons. The van der Waals surface area contributed by atoms with Crippen LogP contribution in [0.25, 0.3) is 0 Å². The van der Waals surface area contributed by atoms with Crippen LogP contribution in [0.5, 0.6) is 0 Å². The van der Waals surface area contributed by atoms with Gasteiger partial charge < -0.3 is 9.84 Å². The number of hydrogen-bond acceptors (Lipinski definition) is 4. The van der Waals surface area contributed by atoms with Crippen molar-refractivity contribution in [2.24, 2.45) is 0 Å². The van der Waals surface area contributed by atoms with E-state index in [1.54, 1.807) is 0 Å². The van der Waals surface area contributed by atoms with E-state index in [4.69, 9.17) is 4.52 Å². The van der Waals surface area contributed by atoms with Crippen molar-refractivity contribution in [3.05, 3.63) is 47.6 Å². The van der Waals surface area contributed by atoms with Gasteiger partial charge in [0.15, 0.2) is 5.82 Å². The van der Waals surface area contributed by atoms with Crippen molar-refractivity contribution in [2.45, 2.75) is 32.7 Å². The van der Waals surface area contributed by atoms with Crippen LogP contribution in [0.4, 0.5) is 0 Å². The number of nitrogens with zero attached hydrogens (tertiary/aromatic N) is 2. The van der Waals surface area contributed by atoms with Gasteiger partial charge in [0, 0.05) is 6.42 Å². The number of nitrogens with one attached hydrogen (secondary N) is 1. The largest absolute Gasteiger partial charge is 0.338 e. The summed E-state index contributed by atoms with van der Waals surface area (Å²) in [6.45, 7) is 3.82. The topological polar surface area (TPSA) is 51.0 Å². The molecule has 0 aliphatic heterocycles. The quantitative estimate of drug-likeness (QED) is 0.762. The Labute approximate surface area is 107 Å². The van der Waals surface area contributed by atoms with E-state index >= 15 is 0 Å². The summed E-state index contributed by atoms with van der Waals surface area (Å²) < 4.78 is 5.19. The van der Waals surface area contributed by atoms with Crippen LogP contribution in [0.1, 0.15) is 37.0 Å². The maximum Gasteiger partial charge on any atom is 0.240 e. The summed E-state index contributed by atoms with van der Waals surface area (Å²) in [5, 5.41) is 7.27. The summed E-state index contributed by atoms with van der Waals surface area (Å²) in [5.41, 5.74) is 1.20. The van der Waals surface area contributed by atoms with Gasteiger partial charge in [0.2, 0.25) is 5.89 Å². The van der Waals surface area contributed by atoms with Crippen LogP contribution in [0.3, 0.4) is 0 Å². The summed E-state index contributed by atoms with van der Waals surface area (Å²) >= 11 is 0. The fourth-order valence-electron chi connectivity index (χ4n) is 1.71. The second kappa shape index (κ2) is 6.91. The van der Waals surface area contributed by atoms with Gasteiger partial charge in [0.25, 0.3) is 0 Å². The second-order valence-corrected chi connectivity index (χ2v) is 4.30. The van der Waals surface area contributed by atoms with Crippen LogP contribution in [0, 0.1) is 0 Å². The molecule has 0 aliphatic carbocycles. The molecule has 1 aromatic carbocycles. The fraction of sp³-hybridized carbons (Fsp3) is 0.429. The van der Waals surface area contributed by atoms with Gasteiger partial charge in [-0.1, -0.05) is 48.8 Å². The Kier molecular flexibility index (Phi) is 4.90. The van der Waals surface area contributed by atoms with Gasteiger partial charge >= 0.3 is 0 Å². The number of hydrogen-bond donors (Lipinski definition) is 1. The Morgan fingerprint density at radius 1 is 1.22 bits per heavy atom. The van der Waals surface area contributed by atoms with Crippen molar-refractivity contribution < 1.29 is 4.52 Å². The van der Waals surface area contributed by atoms with Crippen LogP contribution in [-0.2, 0) is 13.0 Å². The lowest BCUT2D eigenvalue weighted by atomic mass is 10.1. The zero-order valence-corrected chi connectivity index (χ0v) is 10.7.